The molecule has 0 atom stereocenters. The molecule has 6 nitrogen and oxygen atoms in total. The number of hydrogen-bond donors (Lipinski definition) is 1. The van der Waals surface area contributed by atoms with E-state index in [-0.39, 0.29) is 11.5 Å². The number of barbiturate groups is 1. The van der Waals surface area contributed by atoms with Crippen molar-refractivity contribution in [2.45, 2.75) is 13.8 Å². The van der Waals surface area contributed by atoms with E-state index in [4.69, 9.17) is 4.74 Å². The van der Waals surface area contributed by atoms with Crippen LogP contribution in [0.1, 0.15) is 19.4 Å². The lowest BCUT2D eigenvalue weighted by Crippen LogP contribution is -2.54. The van der Waals surface area contributed by atoms with Gasteiger partial charge in [0.1, 0.15) is 11.3 Å². The number of imide groups is 2. The fourth-order valence-corrected chi connectivity index (χ4v) is 4.09. The Balaban J connectivity index is 2.06. The normalized spacial score (nSPS) is 15.8. The predicted octanol–water partition coefficient (Wildman–Crippen LogP) is 4.91. The summed E-state index contributed by atoms with van der Waals surface area (Å²) in [7, 11) is 0. The molecule has 0 aromatic heterocycles. The first-order chi connectivity index (χ1) is 13.8. The zero-order chi connectivity index (χ0) is 21.1. The van der Waals surface area contributed by atoms with Gasteiger partial charge in [0.25, 0.3) is 11.8 Å². The van der Waals surface area contributed by atoms with Crippen LogP contribution in [0, 0.1) is 5.92 Å². The van der Waals surface area contributed by atoms with E-state index in [1.807, 2.05) is 19.9 Å². The van der Waals surface area contributed by atoms with Gasteiger partial charge >= 0.3 is 6.03 Å². The van der Waals surface area contributed by atoms with Crippen molar-refractivity contribution in [3.63, 3.8) is 0 Å². The topological polar surface area (TPSA) is 75.7 Å². The molecule has 8 heteroatoms. The van der Waals surface area contributed by atoms with Gasteiger partial charge in [-0.25, -0.2) is 9.69 Å². The van der Waals surface area contributed by atoms with Crippen molar-refractivity contribution in [3.8, 4) is 5.75 Å². The molecule has 2 aromatic rings. The van der Waals surface area contributed by atoms with Gasteiger partial charge in [0, 0.05) is 10.0 Å². The average Bonchev–Trinajstić information content (AvgIpc) is 2.64. The van der Waals surface area contributed by atoms with Crippen molar-refractivity contribution < 1.29 is 19.1 Å². The van der Waals surface area contributed by atoms with Crippen molar-refractivity contribution in [2.24, 2.45) is 5.92 Å². The molecule has 0 spiro atoms. The molecule has 1 fully saturated rings. The Bertz CT molecular complexity index is 1000. The zero-order valence-corrected chi connectivity index (χ0v) is 18.9. The maximum absolute atomic E-state index is 13.0. The molecular formula is C21H18Br2N2O4. The zero-order valence-electron chi connectivity index (χ0n) is 15.7. The molecule has 0 unspecified atom stereocenters. The van der Waals surface area contributed by atoms with Crippen molar-refractivity contribution >= 4 is 61.5 Å². The Hall–Kier alpha value is -2.45. The number of nitrogens with one attached hydrogen (secondary N) is 1. The third kappa shape index (κ3) is 4.76. The van der Waals surface area contributed by atoms with Gasteiger partial charge in [-0.05, 0) is 52.2 Å². The lowest BCUT2D eigenvalue weighted by atomic mass is 10.1. The number of benzene rings is 2. The van der Waals surface area contributed by atoms with E-state index in [1.165, 1.54) is 6.08 Å². The molecule has 3 rings (SSSR count). The molecule has 0 radical (unpaired) electrons. The molecule has 1 heterocycles. The molecule has 2 aromatic carbocycles. The Labute approximate surface area is 185 Å². The summed E-state index contributed by atoms with van der Waals surface area (Å²) in [5, 5.41) is 2.22. The van der Waals surface area contributed by atoms with Gasteiger partial charge in [-0.3, -0.25) is 14.9 Å². The third-order valence-electron chi connectivity index (χ3n) is 4.01. The van der Waals surface area contributed by atoms with E-state index in [9.17, 15) is 14.4 Å². The number of carbonyl (C=O) groups excluding carboxylic acids is 3. The van der Waals surface area contributed by atoms with Gasteiger partial charge in [-0.2, -0.15) is 0 Å². The Morgan fingerprint density at radius 3 is 2.45 bits per heavy atom. The maximum atomic E-state index is 13.0. The molecular weight excluding hydrogens is 504 g/mol. The van der Waals surface area contributed by atoms with Gasteiger partial charge in [-0.15, -0.1) is 0 Å². The Morgan fingerprint density at radius 2 is 1.79 bits per heavy atom. The summed E-state index contributed by atoms with van der Waals surface area (Å²) in [6.45, 7) is 4.50. The second-order valence-corrected chi connectivity index (χ2v) is 8.57. The van der Waals surface area contributed by atoms with Gasteiger partial charge in [-0.1, -0.05) is 48.0 Å². The number of urea groups is 1. The molecule has 1 aliphatic rings. The van der Waals surface area contributed by atoms with Crippen LogP contribution in [0.5, 0.6) is 5.75 Å². The van der Waals surface area contributed by atoms with Crippen LogP contribution in [0.3, 0.4) is 0 Å². The Morgan fingerprint density at radius 1 is 1.10 bits per heavy atom. The minimum atomic E-state index is -0.782. The lowest BCUT2D eigenvalue weighted by molar-refractivity contribution is -0.122. The smallest absolute Gasteiger partial charge is 0.335 e. The van der Waals surface area contributed by atoms with Crippen LogP contribution in [-0.4, -0.2) is 24.5 Å². The monoisotopic (exact) mass is 520 g/mol. The van der Waals surface area contributed by atoms with Crippen LogP contribution in [0.15, 0.2) is 57.0 Å². The number of amides is 4. The quantitative estimate of drug-likeness (QED) is 0.448. The number of para-hydroxylation sites is 1. The van der Waals surface area contributed by atoms with Gasteiger partial charge in [0.2, 0.25) is 0 Å². The average molecular weight is 522 g/mol. The highest BCUT2D eigenvalue weighted by Crippen LogP contribution is 2.35. The SMILES string of the molecule is CC(C)COc1c(Br)cc(Br)cc1/C=C1\C(=O)NC(=O)N(c2ccccc2)C1=O. The van der Waals surface area contributed by atoms with Crippen LogP contribution >= 0.6 is 31.9 Å². The number of anilines is 1. The van der Waals surface area contributed by atoms with Gasteiger partial charge in [0.15, 0.2) is 0 Å². The van der Waals surface area contributed by atoms with Crippen LogP contribution in [0.25, 0.3) is 6.08 Å². The fraction of sp³-hybridized carbons (Fsp3) is 0.190. The van der Waals surface area contributed by atoms with Crippen molar-refractivity contribution in [1.29, 1.82) is 0 Å². The van der Waals surface area contributed by atoms with E-state index >= 15 is 0 Å². The van der Waals surface area contributed by atoms with Gasteiger partial charge in [0.05, 0.1) is 16.8 Å². The summed E-state index contributed by atoms with van der Waals surface area (Å²) in [6.07, 6.45) is 1.44. The maximum Gasteiger partial charge on any atom is 0.335 e. The molecule has 1 aliphatic heterocycles. The molecule has 1 saturated heterocycles. The van der Waals surface area contributed by atoms with Crippen LogP contribution in [-0.2, 0) is 9.59 Å². The highest BCUT2D eigenvalue weighted by Gasteiger charge is 2.37. The highest BCUT2D eigenvalue weighted by molar-refractivity contribution is 9.11. The summed E-state index contributed by atoms with van der Waals surface area (Å²) in [5.74, 6) is -0.649. The highest BCUT2D eigenvalue weighted by atomic mass is 79.9. The second-order valence-electron chi connectivity index (χ2n) is 6.80. The minimum absolute atomic E-state index is 0.159. The largest absolute Gasteiger partial charge is 0.492 e. The molecule has 150 valence electrons. The first-order valence-electron chi connectivity index (χ1n) is 8.86. The third-order valence-corrected chi connectivity index (χ3v) is 5.06. The van der Waals surface area contributed by atoms with Crippen LogP contribution < -0.4 is 15.0 Å². The molecule has 0 bridgehead atoms. The number of ether oxygens (including phenoxy) is 1. The summed E-state index contributed by atoms with van der Waals surface area (Å²) < 4.78 is 7.32. The number of nitrogens with zero attached hydrogens (tertiary/aromatic N) is 1. The summed E-state index contributed by atoms with van der Waals surface area (Å²) >= 11 is 6.88. The minimum Gasteiger partial charge on any atom is -0.492 e. The van der Waals surface area contributed by atoms with E-state index in [0.29, 0.717) is 28.1 Å². The van der Waals surface area contributed by atoms with Crippen molar-refractivity contribution in [1.82, 2.24) is 5.32 Å². The van der Waals surface area contributed by atoms with E-state index in [1.54, 1.807) is 36.4 Å². The van der Waals surface area contributed by atoms with Crippen molar-refractivity contribution in [3.05, 3.63) is 62.5 Å². The number of halogens is 2. The van der Waals surface area contributed by atoms with Crippen LogP contribution in [0.4, 0.5) is 10.5 Å². The molecule has 1 N–H and O–H groups in total. The summed E-state index contributed by atoms with van der Waals surface area (Å²) in [4.78, 5) is 38.7. The lowest BCUT2D eigenvalue weighted by Gasteiger charge is -2.26. The second kappa shape index (κ2) is 8.92. The van der Waals surface area contributed by atoms with E-state index in [0.717, 1.165) is 9.37 Å². The van der Waals surface area contributed by atoms with E-state index < -0.39 is 17.8 Å². The number of rotatable bonds is 5. The van der Waals surface area contributed by atoms with Crippen LogP contribution in [0.2, 0.25) is 0 Å². The molecule has 0 aliphatic carbocycles. The fourth-order valence-electron chi connectivity index (χ4n) is 2.71. The molecule has 4 amide bonds. The standard InChI is InChI=1S/C21H18Br2N2O4/c1-12(2)11-29-18-13(8-14(22)10-17(18)23)9-16-19(26)24-21(28)25(20(16)27)15-6-4-3-5-7-15/h3-10,12H,11H2,1-2H3,(H,24,26,28)/b16-9+. The summed E-state index contributed by atoms with van der Waals surface area (Å²) in [5.41, 5.74) is 0.751. The number of hydrogen-bond acceptors (Lipinski definition) is 4. The van der Waals surface area contributed by atoms with Crippen molar-refractivity contribution in [2.75, 3.05) is 11.5 Å². The number of carbonyl (C=O) groups is 3. The molecule has 29 heavy (non-hydrogen) atoms. The predicted molar refractivity (Wildman–Crippen MR) is 118 cm³/mol. The first kappa shape index (κ1) is 21.3. The van der Waals surface area contributed by atoms with E-state index in [2.05, 4.69) is 37.2 Å². The molecule has 0 saturated carbocycles. The Kier molecular flexibility index (Phi) is 6.54. The summed E-state index contributed by atoms with van der Waals surface area (Å²) in [6, 6.07) is 11.2. The van der Waals surface area contributed by atoms with Gasteiger partial charge < -0.3 is 4.74 Å². The first-order valence-corrected chi connectivity index (χ1v) is 10.4.